The van der Waals surface area contributed by atoms with Crippen molar-refractivity contribution in [1.29, 1.82) is 0 Å². The van der Waals surface area contributed by atoms with Crippen LogP contribution in [-0.4, -0.2) is 31.8 Å². The number of guanidine groups is 1. The van der Waals surface area contributed by atoms with Crippen LogP contribution in [0.15, 0.2) is 4.99 Å². The van der Waals surface area contributed by atoms with Gasteiger partial charge < -0.3 is 15.8 Å². The summed E-state index contributed by atoms with van der Waals surface area (Å²) in [6, 6.07) is 0. The molecule has 0 fully saturated rings. The van der Waals surface area contributed by atoms with E-state index in [-0.39, 0.29) is 0 Å². The second-order valence-corrected chi connectivity index (χ2v) is 4.67. The Bertz CT molecular complexity index is 191. The van der Waals surface area contributed by atoms with Gasteiger partial charge in [0.2, 0.25) is 0 Å². The van der Waals surface area contributed by atoms with E-state index in [1.807, 2.05) is 0 Å². The predicted molar refractivity (Wildman–Crippen MR) is 69.7 cm³/mol. The average molecular weight is 229 g/mol. The van der Waals surface area contributed by atoms with Crippen molar-refractivity contribution < 1.29 is 4.74 Å². The van der Waals surface area contributed by atoms with Gasteiger partial charge in [-0.2, -0.15) is 0 Å². The third kappa shape index (κ3) is 11.3. The molecule has 0 unspecified atom stereocenters. The molecule has 0 aromatic rings. The fourth-order valence-electron chi connectivity index (χ4n) is 1.10. The molecule has 4 heteroatoms. The first-order chi connectivity index (χ1) is 7.52. The zero-order chi connectivity index (χ0) is 12.4. The highest BCUT2D eigenvalue weighted by atomic mass is 16.5. The maximum absolute atomic E-state index is 5.69. The highest BCUT2D eigenvalue weighted by Gasteiger charge is 1.95. The van der Waals surface area contributed by atoms with E-state index in [9.17, 15) is 0 Å². The first-order valence-corrected chi connectivity index (χ1v) is 6.17. The van der Waals surface area contributed by atoms with E-state index in [2.05, 4.69) is 38.0 Å². The van der Waals surface area contributed by atoms with Crippen LogP contribution in [0.2, 0.25) is 0 Å². The maximum Gasteiger partial charge on any atom is 0.188 e. The van der Waals surface area contributed by atoms with Gasteiger partial charge in [0.1, 0.15) is 0 Å². The molecule has 0 amide bonds. The molecule has 0 rings (SSSR count). The average Bonchev–Trinajstić information content (AvgIpc) is 2.19. The van der Waals surface area contributed by atoms with E-state index in [1.54, 1.807) is 0 Å². The molecule has 0 bridgehead atoms. The Morgan fingerprint density at radius 1 is 1.25 bits per heavy atom. The second kappa shape index (κ2) is 9.46. The van der Waals surface area contributed by atoms with Gasteiger partial charge in [0.25, 0.3) is 0 Å². The van der Waals surface area contributed by atoms with Crippen LogP contribution < -0.4 is 11.1 Å². The van der Waals surface area contributed by atoms with Crippen molar-refractivity contribution in [1.82, 2.24) is 5.32 Å². The topological polar surface area (TPSA) is 59.6 Å². The molecule has 0 aliphatic rings. The Morgan fingerprint density at radius 2 is 1.94 bits per heavy atom. The summed E-state index contributed by atoms with van der Waals surface area (Å²) >= 11 is 0. The minimum atomic E-state index is 0.325. The first-order valence-electron chi connectivity index (χ1n) is 6.17. The van der Waals surface area contributed by atoms with Crippen LogP contribution in [0.1, 0.15) is 40.5 Å². The number of ether oxygens (including phenoxy) is 1. The first kappa shape index (κ1) is 15.2. The summed E-state index contributed by atoms with van der Waals surface area (Å²) < 4.78 is 5.44. The molecule has 0 radical (unpaired) electrons. The number of hydrogen-bond donors (Lipinski definition) is 2. The van der Waals surface area contributed by atoms with Crippen molar-refractivity contribution in [2.45, 2.75) is 46.6 Å². The van der Waals surface area contributed by atoms with Gasteiger partial charge in [-0.05, 0) is 32.6 Å². The molecular weight excluding hydrogens is 202 g/mol. The number of unbranched alkanes of at least 4 members (excludes halogenated alkanes) is 1. The molecule has 0 aliphatic heterocycles. The van der Waals surface area contributed by atoms with Crippen molar-refractivity contribution in [3.05, 3.63) is 0 Å². The predicted octanol–water partition coefficient (Wildman–Crippen LogP) is 1.75. The Morgan fingerprint density at radius 3 is 2.50 bits per heavy atom. The maximum atomic E-state index is 5.69. The molecule has 0 saturated heterocycles. The van der Waals surface area contributed by atoms with Crippen LogP contribution in [0, 0.1) is 5.92 Å². The van der Waals surface area contributed by atoms with Gasteiger partial charge >= 0.3 is 0 Å². The van der Waals surface area contributed by atoms with Crippen molar-refractivity contribution in [2.75, 3.05) is 19.7 Å². The van der Waals surface area contributed by atoms with Crippen molar-refractivity contribution in [3.63, 3.8) is 0 Å². The molecule has 0 saturated carbocycles. The van der Waals surface area contributed by atoms with E-state index in [0.717, 1.165) is 32.5 Å². The third-order valence-corrected chi connectivity index (χ3v) is 1.96. The minimum Gasteiger partial charge on any atom is -0.379 e. The minimum absolute atomic E-state index is 0.325. The Balaban J connectivity index is 3.34. The molecule has 16 heavy (non-hydrogen) atoms. The molecule has 0 spiro atoms. The lowest BCUT2D eigenvalue weighted by atomic mass is 10.2. The fraction of sp³-hybridized carbons (Fsp3) is 0.917. The van der Waals surface area contributed by atoms with E-state index in [4.69, 9.17) is 10.5 Å². The molecular formula is C12H27N3O. The number of nitrogens with zero attached hydrogens (tertiary/aromatic N) is 1. The molecule has 0 aromatic carbocycles. The highest BCUT2D eigenvalue weighted by Crippen LogP contribution is 1.93. The van der Waals surface area contributed by atoms with Gasteiger partial charge in [0.05, 0.1) is 6.10 Å². The quantitative estimate of drug-likeness (QED) is 0.379. The number of rotatable bonds is 8. The van der Waals surface area contributed by atoms with E-state index >= 15 is 0 Å². The van der Waals surface area contributed by atoms with Gasteiger partial charge in [-0.15, -0.1) is 0 Å². The zero-order valence-electron chi connectivity index (χ0n) is 11.1. The van der Waals surface area contributed by atoms with Crippen LogP contribution >= 0.6 is 0 Å². The Kier molecular flexibility index (Phi) is 9.00. The molecule has 0 aliphatic carbocycles. The summed E-state index contributed by atoms with van der Waals surface area (Å²) in [7, 11) is 0. The van der Waals surface area contributed by atoms with Gasteiger partial charge in [-0.25, -0.2) is 0 Å². The standard InChI is InChI=1S/C12H27N3O/c1-10(2)9-15-12(13)14-7-5-6-8-16-11(3)4/h10-11H,5-9H2,1-4H3,(H3,13,14,15). The van der Waals surface area contributed by atoms with Crippen molar-refractivity contribution in [3.8, 4) is 0 Å². The van der Waals surface area contributed by atoms with Crippen LogP contribution in [0.5, 0.6) is 0 Å². The lowest BCUT2D eigenvalue weighted by Gasteiger charge is -2.08. The number of nitrogens with one attached hydrogen (secondary N) is 1. The summed E-state index contributed by atoms with van der Waals surface area (Å²) in [5.41, 5.74) is 5.69. The summed E-state index contributed by atoms with van der Waals surface area (Å²) in [4.78, 5) is 4.22. The Hall–Kier alpha value is -0.770. The van der Waals surface area contributed by atoms with E-state index < -0.39 is 0 Å². The zero-order valence-corrected chi connectivity index (χ0v) is 11.1. The van der Waals surface area contributed by atoms with Crippen LogP contribution in [0.25, 0.3) is 0 Å². The van der Waals surface area contributed by atoms with Crippen LogP contribution in [0.4, 0.5) is 0 Å². The largest absolute Gasteiger partial charge is 0.379 e. The summed E-state index contributed by atoms with van der Waals surface area (Å²) in [5, 5.41) is 3.10. The highest BCUT2D eigenvalue weighted by molar-refractivity contribution is 5.77. The normalized spacial score (nSPS) is 12.5. The number of nitrogens with two attached hydrogens (primary N) is 1. The van der Waals surface area contributed by atoms with E-state index in [1.165, 1.54) is 0 Å². The lowest BCUT2D eigenvalue weighted by molar-refractivity contribution is 0.0762. The SMILES string of the molecule is CC(C)CN=C(N)NCCCCOC(C)C. The van der Waals surface area contributed by atoms with Gasteiger partial charge in [-0.1, -0.05) is 13.8 Å². The van der Waals surface area contributed by atoms with Crippen LogP contribution in [-0.2, 0) is 4.74 Å². The van der Waals surface area contributed by atoms with Gasteiger partial charge in [-0.3, -0.25) is 4.99 Å². The molecule has 0 atom stereocenters. The third-order valence-electron chi connectivity index (χ3n) is 1.96. The fourth-order valence-corrected chi connectivity index (χ4v) is 1.10. The smallest absolute Gasteiger partial charge is 0.188 e. The molecule has 3 N–H and O–H groups in total. The monoisotopic (exact) mass is 229 g/mol. The van der Waals surface area contributed by atoms with Gasteiger partial charge in [0.15, 0.2) is 5.96 Å². The molecule has 96 valence electrons. The molecule has 4 nitrogen and oxygen atoms in total. The number of aliphatic imine (C=N–C) groups is 1. The van der Waals surface area contributed by atoms with Crippen LogP contribution in [0.3, 0.4) is 0 Å². The molecule has 0 aromatic heterocycles. The second-order valence-electron chi connectivity index (χ2n) is 4.67. The number of hydrogen-bond acceptors (Lipinski definition) is 2. The van der Waals surface area contributed by atoms with Gasteiger partial charge in [0, 0.05) is 19.7 Å². The lowest BCUT2D eigenvalue weighted by Crippen LogP contribution is -2.33. The summed E-state index contributed by atoms with van der Waals surface area (Å²) in [6.45, 7) is 10.8. The van der Waals surface area contributed by atoms with Crippen molar-refractivity contribution >= 4 is 5.96 Å². The van der Waals surface area contributed by atoms with Crippen molar-refractivity contribution in [2.24, 2.45) is 16.6 Å². The summed E-state index contributed by atoms with van der Waals surface area (Å²) in [5.74, 6) is 1.11. The summed E-state index contributed by atoms with van der Waals surface area (Å²) in [6.07, 6.45) is 2.44. The van der Waals surface area contributed by atoms with E-state index in [0.29, 0.717) is 18.0 Å². The Labute approximate surface area is 99.7 Å². The molecule has 0 heterocycles.